The summed E-state index contributed by atoms with van der Waals surface area (Å²) < 4.78 is 3.13. The molecule has 0 bridgehead atoms. The van der Waals surface area contributed by atoms with Crippen LogP contribution in [0.2, 0.25) is 0 Å². The molecule has 0 atom stereocenters. The highest BCUT2D eigenvalue weighted by Gasteiger charge is 2.21. The number of amides is 1. The van der Waals surface area contributed by atoms with Crippen LogP contribution in [-0.2, 0) is 6.54 Å². The van der Waals surface area contributed by atoms with Crippen LogP contribution in [0.4, 0.5) is 0 Å². The molecular weight excluding hydrogens is 316 g/mol. The van der Waals surface area contributed by atoms with E-state index >= 15 is 0 Å². The van der Waals surface area contributed by atoms with Crippen LogP contribution in [0.25, 0.3) is 10.9 Å². The summed E-state index contributed by atoms with van der Waals surface area (Å²) in [7, 11) is 0. The van der Waals surface area contributed by atoms with Crippen LogP contribution >= 0.6 is 15.9 Å². The van der Waals surface area contributed by atoms with Gasteiger partial charge in [-0.05, 0) is 47.8 Å². The van der Waals surface area contributed by atoms with E-state index in [0.29, 0.717) is 6.04 Å². The van der Waals surface area contributed by atoms with Gasteiger partial charge in [-0.3, -0.25) is 4.79 Å². The first-order chi connectivity index (χ1) is 9.70. The van der Waals surface area contributed by atoms with Crippen molar-refractivity contribution >= 4 is 32.7 Å². The van der Waals surface area contributed by atoms with Gasteiger partial charge in [-0.1, -0.05) is 25.0 Å². The lowest BCUT2D eigenvalue weighted by Gasteiger charge is -2.13. The second-order valence-corrected chi connectivity index (χ2v) is 6.26. The third-order valence-electron chi connectivity index (χ3n) is 4.11. The minimum atomic E-state index is 0.0573. The van der Waals surface area contributed by atoms with Gasteiger partial charge in [0.25, 0.3) is 5.91 Å². The topological polar surface area (TPSA) is 34.0 Å². The first-order valence-corrected chi connectivity index (χ1v) is 8.08. The maximum atomic E-state index is 12.5. The van der Waals surface area contributed by atoms with Gasteiger partial charge in [-0.15, -0.1) is 0 Å². The molecule has 0 unspecified atom stereocenters. The Labute approximate surface area is 127 Å². The molecule has 1 aliphatic carbocycles. The summed E-state index contributed by atoms with van der Waals surface area (Å²) in [5, 5.41) is 4.28. The molecule has 0 spiro atoms. The second-order valence-electron chi connectivity index (χ2n) is 5.41. The summed E-state index contributed by atoms with van der Waals surface area (Å²) in [6.45, 7) is 2.87. The standard InChI is InChI=1S/C16H19BrN2O/c1-2-19-14(16(20)18-12-7-3-4-8-12)10-11-6-5-9-13(17)15(11)19/h5-6,9-10,12H,2-4,7-8H2,1H3,(H,18,20). The molecular formula is C16H19BrN2O. The van der Waals surface area contributed by atoms with Gasteiger partial charge in [0.2, 0.25) is 0 Å². The van der Waals surface area contributed by atoms with E-state index in [2.05, 4.69) is 38.8 Å². The van der Waals surface area contributed by atoms with E-state index in [0.717, 1.165) is 40.5 Å². The van der Waals surface area contributed by atoms with Gasteiger partial charge < -0.3 is 9.88 Å². The quantitative estimate of drug-likeness (QED) is 0.900. The predicted molar refractivity (Wildman–Crippen MR) is 85.0 cm³/mol. The number of para-hydroxylation sites is 1. The molecule has 4 heteroatoms. The van der Waals surface area contributed by atoms with E-state index in [9.17, 15) is 4.79 Å². The van der Waals surface area contributed by atoms with E-state index in [1.54, 1.807) is 0 Å². The number of aryl methyl sites for hydroxylation is 1. The monoisotopic (exact) mass is 334 g/mol. The number of hydrogen-bond donors (Lipinski definition) is 1. The number of hydrogen-bond acceptors (Lipinski definition) is 1. The van der Waals surface area contributed by atoms with Crippen molar-refractivity contribution in [2.45, 2.75) is 45.2 Å². The van der Waals surface area contributed by atoms with Gasteiger partial charge in [-0.2, -0.15) is 0 Å². The van der Waals surface area contributed by atoms with Crippen molar-refractivity contribution in [3.63, 3.8) is 0 Å². The van der Waals surface area contributed by atoms with Gasteiger partial charge in [0.05, 0.1) is 5.52 Å². The van der Waals surface area contributed by atoms with Crippen LogP contribution in [-0.4, -0.2) is 16.5 Å². The summed E-state index contributed by atoms with van der Waals surface area (Å²) in [5.74, 6) is 0.0573. The normalized spacial score (nSPS) is 15.9. The average Bonchev–Trinajstić information content (AvgIpc) is 3.05. The summed E-state index contributed by atoms with van der Waals surface area (Å²) in [6, 6.07) is 8.43. The summed E-state index contributed by atoms with van der Waals surface area (Å²) >= 11 is 3.59. The fraction of sp³-hybridized carbons (Fsp3) is 0.438. The minimum Gasteiger partial charge on any atom is -0.348 e. The first-order valence-electron chi connectivity index (χ1n) is 7.29. The highest BCUT2D eigenvalue weighted by atomic mass is 79.9. The molecule has 3 rings (SSSR count). The Hall–Kier alpha value is -1.29. The van der Waals surface area contributed by atoms with Gasteiger partial charge in [0, 0.05) is 22.4 Å². The zero-order valence-corrected chi connectivity index (χ0v) is 13.2. The maximum absolute atomic E-state index is 12.5. The average molecular weight is 335 g/mol. The van der Waals surface area contributed by atoms with Crippen molar-refractivity contribution in [3.05, 3.63) is 34.4 Å². The Morgan fingerprint density at radius 1 is 1.40 bits per heavy atom. The smallest absolute Gasteiger partial charge is 0.268 e. The number of rotatable bonds is 3. The van der Waals surface area contributed by atoms with E-state index < -0.39 is 0 Å². The number of aromatic nitrogens is 1. The lowest BCUT2D eigenvalue weighted by molar-refractivity contribution is 0.0929. The maximum Gasteiger partial charge on any atom is 0.268 e. The molecule has 0 aliphatic heterocycles. The SMILES string of the molecule is CCn1c(C(=O)NC2CCCC2)cc2cccc(Br)c21. The van der Waals surface area contributed by atoms with Crippen molar-refractivity contribution in [2.24, 2.45) is 0 Å². The van der Waals surface area contributed by atoms with Crippen LogP contribution in [0.3, 0.4) is 0 Å². The lowest BCUT2D eigenvalue weighted by Crippen LogP contribution is -2.33. The highest BCUT2D eigenvalue weighted by molar-refractivity contribution is 9.10. The Bertz CT molecular complexity index is 641. The van der Waals surface area contributed by atoms with Crippen LogP contribution in [0.1, 0.15) is 43.1 Å². The number of carbonyl (C=O) groups excluding carboxylic acids is 1. The molecule has 1 N–H and O–H groups in total. The van der Waals surface area contributed by atoms with Crippen LogP contribution in [0.5, 0.6) is 0 Å². The van der Waals surface area contributed by atoms with Crippen LogP contribution < -0.4 is 5.32 Å². The minimum absolute atomic E-state index is 0.0573. The van der Waals surface area contributed by atoms with Crippen molar-refractivity contribution in [3.8, 4) is 0 Å². The number of halogens is 1. The third-order valence-corrected chi connectivity index (χ3v) is 4.75. The zero-order chi connectivity index (χ0) is 14.1. The van der Waals surface area contributed by atoms with E-state index in [-0.39, 0.29) is 5.91 Å². The Kier molecular flexibility index (Phi) is 3.83. The van der Waals surface area contributed by atoms with Crippen molar-refractivity contribution in [1.82, 2.24) is 9.88 Å². The van der Waals surface area contributed by atoms with Gasteiger partial charge in [0.1, 0.15) is 5.69 Å². The second kappa shape index (κ2) is 5.60. The fourth-order valence-corrected chi connectivity index (χ4v) is 3.72. The summed E-state index contributed by atoms with van der Waals surface area (Å²) in [4.78, 5) is 12.5. The molecule has 1 aromatic heterocycles. The number of nitrogens with zero attached hydrogens (tertiary/aromatic N) is 1. The molecule has 1 aromatic carbocycles. The molecule has 1 aliphatic rings. The molecule has 0 saturated heterocycles. The van der Waals surface area contributed by atoms with Gasteiger partial charge in [0.15, 0.2) is 0 Å². The largest absolute Gasteiger partial charge is 0.348 e. The number of benzene rings is 1. The van der Waals surface area contributed by atoms with E-state index in [1.807, 2.05) is 18.2 Å². The number of carbonyl (C=O) groups is 1. The molecule has 2 aromatic rings. The Morgan fingerprint density at radius 3 is 2.85 bits per heavy atom. The van der Waals surface area contributed by atoms with Crippen LogP contribution in [0.15, 0.2) is 28.7 Å². The molecule has 3 nitrogen and oxygen atoms in total. The molecule has 0 radical (unpaired) electrons. The van der Waals surface area contributed by atoms with Gasteiger partial charge in [-0.25, -0.2) is 0 Å². The number of nitrogens with one attached hydrogen (secondary N) is 1. The molecule has 20 heavy (non-hydrogen) atoms. The molecule has 1 amide bonds. The predicted octanol–water partition coefficient (Wildman–Crippen LogP) is 4.10. The van der Waals surface area contributed by atoms with Gasteiger partial charge >= 0.3 is 0 Å². The summed E-state index contributed by atoms with van der Waals surface area (Å²) in [6.07, 6.45) is 4.68. The molecule has 1 saturated carbocycles. The lowest BCUT2D eigenvalue weighted by atomic mass is 10.2. The molecule has 1 heterocycles. The van der Waals surface area contributed by atoms with Crippen molar-refractivity contribution in [2.75, 3.05) is 0 Å². The molecule has 106 valence electrons. The summed E-state index contributed by atoms with van der Waals surface area (Å²) in [5.41, 5.74) is 1.87. The van der Waals surface area contributed by atoms with Crippen LogP contribution in [0, 0.1) is 0 Å². The van der Waals surface area contributed by atoms with Crippen molar-refractivity contribution < 1.29 is 4.79 Å². The highest BCUT2D eigenvalue weighted by Crippen LogP contribution is 2.28. The first kappa shape index (κ1) is 13.7. The fourth-order valence-electron chi connectivity index (χ4n) is 3.12. The number of fused-ring (bicyclic) bond motifs is 1. The van der Waals surface area contributed by atoms with Crippen molar-refractivity contribution in [1.29, 1.82) is 0 Å². The zero-order valence-electron chi connectivity index (χ0n) is 11.7. The van der Waals surface area contributed by atoms with E-state index in [4.69, 9.17) is 0 Å². The molecule has 1 fully saturated rings. The third kappa shape index (κ3) is 2.37. The Balaban J connectivity index is 1.97. The Morgan fingerprint density at radius 2 is 2.15 bits per heavy atom. The van der Waals surface area contributed by atoms with E-state index in [1.165, 1.54) is 12.8 Å².